The van der Waals surface area contributed by atoms with E-state index in [2.05, 4.69) is 20.6 Å². The second-order valence-corrected chi connectivity index (χ2v) is 5.66. The quantitative estimate of drug-likeness (QED) is 0.871. The van der Waals surface area contributed by atoms with Crippen LogP contribution in [-0.2, 0) is 6.18 Å². The normalized spacial score (nSPS) is 27.9. The summed E-state index contributed by atoms with van der Waals surface area (Å²) in [6.07, 6.45) is -1.14. The number of rotatable bonds is 2. The van der Waals surface area contributed by atoms with Crippen LogP contribution in [-0.4, -0.2) is 34.0 Å². The Bertz CT molecular complexity index is 580. The number of hydrogen-bond donors (Lipinski definition) is 2. The van der Waals surface area contributed by atoms with Crippen molar-refractivity contribution in [3.05, 3.63) is 22.7 Å². The van der Waals surface area contributed by atoms with Crippen LogP contribution in [0.5, 0.6) is 0 Å². The van der Waals surface area contributed by atoms with Crippen LogP contribution in [0.3, 0.4) is 0 Å². The zero-order valence-corrected chi connectivity index (χ0v) is 11.5. The Hall–Kier alpha value is -1.41. The first-order chi connectivity index (χ1) is 9.84. The van der Waals surface area contributed by atoms with Crippen LogP contribution < -0.4 is 10.6 Å². The van der Waals surface area contributed by atoms with Gasteiger partial charge in [-0.1, -0.05) is 11.6 Å². The predicted molar refractivity (Wildman–Crippen MR) is 67.9 cm³/mol. The summed E-state index contributed by atoms with van der Waals surface area (Å²) in [4.78, 5) is 18.8. The lowest BCUT2D eigenvalue weighted by atomic mass is 9.95. The van der Waals surface area contributed by atoms with Crippen molar-refractivity contribution < 1.29 is 18.0 Å². The molecule has 2 aliphatic heterocycles. The summed E-state index contributed by atoms with van der Waals surface area (Å²) in [7, 11) is 0. The summed E-state index contributed by atoms with van der Waals surface area (Å²) in [6.45, 7) is 0. The smallest absolute Gasteiger partial charge is 0.345 e. The molecular formula is C12H12ClF3N4O. The number of carbonyl (C=O) groups is 1. The molecule has 3 unspecified atom stereocenters. The van der Waals surface area contributed by atoms with Gasteiger partial charge in [0.2, 0.25) is 5.82 Å². The van der Waals surface area contributed by atoms with Crippen molar-refractivity contribution in [3.8, 4) is 0 Å². The molecule has 3 heterocycles. The number of nitrogens with zero attached hydrogens (tertiary/aromatic N) is 2. The SMILES string of the molecule is O=C(NC1CC2CCC1N2)c1ncc(Cl)c(C(F)(F)F)n1. The first-order valence-electron chi connectivity index (χ1n) is 6.51. The number of alkyl halides is 3. The van der Waals surface area contributed by atoms with E-state index in [0.717, 1.165) is 25.5 Å². The second kappa shape index (κ2) is 5.10. The molecule has 2 N–H and O–H groups in total. The van der Waals surface area contributed by atoms with Gasteiger partial charge in [0, 0.05) is 18.1 Å². The zero-order valence-electron chi connectivity index (χ0n) is 10.7. The number of fused-ring (bicyclic) bond motifs is 2. The molecule has 0 saturated carbocycles. The van der Waals surface area contributed by atoms with Crippen LogP contribution in [0.2, 0.25) is 5.02 Å². The van der Waals surface area contributed by atoms with Crippen LogP contribution in [0, 0.1) is 0 Å². The minimum atomic E-state index is -4.72. The second-order valence-electron chi connectivity index (χ2n) is 5.25. The number of nitrogens with one attached hydrogen (secondary N) is 2. The summed E-state index contributed by atoms with van der Waals surface area (Å²) in [6, 6.07) is 0.454. The van der Waals surface area contributed by atoms with Crippen molar-refractivity contribution in [3.63, 3.8) is 0 Å². The van der Waals surface area contributed by atoms with Crippen molar-refractivity contribution >= 4 is 17.5 Å². The van der Waals surface area contributed by atoms with E-state index < -0.39 is 28.6 Å². The van der Waals surface area contributed by atoms with Gasteiger partial charge >= 0.3 is 6.18 Å². The molecule has 2 aliphatic rings. The molecule has 0 spiro atoms. The summed E-state index contributed by atoms with van der Waals surface area (Å²) < 4.78 is 38.1. The Morgan fingerprint density at radius 2 is 2.19 bits per heavy atom. The summed E-state index contributed by atoms with van der Waals surface area (Å²) in [5.41, 5.74) is -1.30. The Kier molecular flexibility index (Phi) is 3.53. The largest absolute Gasteiger partial charge is 0.434 e. The highest BCUT2D eigenvalue weighted by Crippen LogP contribution is 2.32. The summed E-state index contributed by atoms with van der Waals surface area (Å²) in [5, 5.41) is 5.39. The molecule has 2 saturated heterocycles. The molecule has 2 bridgehead atoms. The van der Waals surface area contributed by atoms with E-state index in [1.165, 1.54) is 0 Å². The van der Waals surface area contributed by atoms with Gasteiger partial charge in [-0.25, -0.2) is 9.97 Å². The lowest BCUT2D eigenvalue weighted by Gasteiger charge is -2.21. The molecule has 0 aromatic carbocycles. The Labute approximate surface area is 123 Å². The number of hydrogen-bond acceptors (Lipinski definition) is 4. The van der Waals surface area contributed by atoms with Crippen LogP contribution in [0.15, 0.2) is 6.20 Å². The lowest BCUT2D eigenvalue weighted by molar-refractivity contribution is -0.141. The third kappa shape index (κ3) is 2.82. The Morgan fingerprint density at radius 3 is 2.76 bits per heavy atom. The van der Waals surface area contributed by atoms with Crippen molar-refractivity contribution in [2.75, 3.05) is 0 Å². The van der Waals surface area contributed by atoms with E-state index in [1.54, 1.807) is 0 Å². The van der Waals surface area contributed by atoms with Gasteiger partial charge < -0.3 is 10.6 Å². The fraction of sp³-hybridized carbons (Fsp3) is 0.583. The number of aromatic nitrogens is 2. The maximum Gasteiger partial charge on any atom is 0.434 e. The fourth-order valence-corrected chi connectivity index (χ4v) is 3.09. The molecule has 1 aromatic rings. The van der Waals surface area contributed by atoms with Crippen molar-refractivity contribution in [2.45, 2.75) is 43.6 Å². The Balaban J connectivity index is 1.76. The lowest BCUT2D eigenvalue weighted by Crippen LogP contribution is -2.43. The molecule has 21 heavy (non-hydrogen) atoms. The van der Waals surface area contributed by atoms with Gasteiger partial charge in [0.15, 0.2) is 5.69 Å². The van der Waals surface area contributed by atoms with E-state index in [0.29, 0.717) is 6.04 Å². The van der Waals surface area contributed by atoms with Gasteiger partial charge in [-0.2, -0.15) is 13.2 Å². The summed E-state index contributed by atoms with van der Waals surface area (Å²) in [5.74, 6) is -1.23. The number of amides is 1. The van der Waals surface area contributed by atoms with E-state index in [1.807, 2.05) is 0 Å². The van der Waals surface area contributed by atoms with Gasteiger partial charge in [-0.15, -0.1) is 0 Å². The first kappa shape index (κ1) is 14.5. The van der Waals surface area contributed by atoms with Crippen LogP contribution in [0.25, 0.3) is 0 Å². The highest BCUT2D eigenvalue weighted by Gasteiger charge is 2.40. The molecule has 0 radical (unpaired) electrons. The molecule has 1 amide bonds. The van der Waals surface area contributed by atoms with Gasteiger partial charge in [0.05, 0.1) is 11.2 Å². The topological polar surface area (TPSA) is 66.9 Å². The highest BCUT2D eigenvalue weighted by molar-refractivity contribution is 6.31. The maximum absolute atomic E-state index is 12.7. The number of carbonyl (C=O) groups excluding carboxylic acids is 1. The van der Waals surface area contributed by atoms with Crippen LogP contribution >= 0.6 is 11.6 Å². The molecular weight excluding hydrogens is 309 g/mol. The van der Waals surface area contributed by atoms with Gasteiger partial charge in [-0.3, -0.25) is 4.79 Å². The monoisotopic (exact) mass is 320 g/mol. The first-order valence-corrected chi connectivity index (χ1v) is 6.89. The molecule has 114 valence electrons. The van der Waals surface area contributed by atoms with Crippen LogP contribution in [0.4, 0.5) is 13.2 Å². The molecule has 0 aliphatic carbocycles. The van der Waals surface area contributed by atoms with E-state index in [-0.39, 0.29) is 12.1 Å². The predicted octanol–water partition coefficient (Wildman–Crippen LogP) is 1.77. The third-order valence-electron chi connectivity index (χ3n) is 3.83. The van der Waals surface area contributed by atoms with Gasteiger partial charge in [0.1, 0.15) is 0 Å². The van der Waals surface area contributed by atoms with Crippen molar-refractivity contribution in [1.82, 2.24) is 20.6 Å². The van der Waals surface area contributed by atoms with Crippen molar-refractivity contribution in [2.24, 2.45) is 0 Å². The molecule has 3 rings (SSSR count). The molecule has 5 nitrogen and oxygen atoms in total. The van der Waals surface area contributed by atoms with Gasteiger partial charge in [0.25, 0.3) is 5.91 Å². The van der Waals surface area contributed by atoms with Gasteiger partial charge in [-0.05, 0) is 19.3 Å². The van der Waals surface area contributed by atoms with E-state index in [9.17, 15) is 18.0 Å². The molecule has 1 aromatic heterocycles. The third-order valence-corrected chi connectivity index (χ3v) is 4.11. The average Bonchev–Trinajstić information content (AvgIpc) is 3.00. The fourth-order valence-electron chi connectivity index (χ4n) is 2.89. The number of halogens is 4. The molecule has 9 heteroatoms. The van der Waals surface area contributed by atoms with Crippen molar-refractivity contribution in [1.29, 1.82) is 0 Å². The summed E-state index contributed by atoms with van der Waals surface area (Å²) >= 11 is 5.42. The maximum atomic E-state index is 12.7. The average molecular weight is 321 g/mol. The van der Waals surface area contributed by atoms with Crippen LogP contribution in [0.1, 0.15) is 35.6 Å². The standard InChI is InChI=1S/C12H12ClF3N4O/c13-6-4-17-10(20-9(6)12(14,15)16)11(21)19-8-3-5-1-2-7(8)18-5/h4-5,7-8,18H,1-3H2,(H,19,21). The molecule has 3 atom stereocenters. The Morgan fingerprint density at radius 1 is 1.43 bits per heavy atom. The van der Waals surface area contributed by atoms with E-state index in [4.69, 9.17) is 11.6 Å². The van der Waals surface area contributed by atoms with E-state index >= 15 is 0 Å². The highest BCUT2D eigenvalue weighted by atomic mass is 35.5. The minimum absolute atomic E-state index is 0.0927. The molecule has 2 fully saturated rings. The zero-order chi connectivity index (χ0) is 15.2. The minimum Gasteiger partial charge on any atom is -0.345 e.